The first-order valence-corrected chi connectivity index (χ1v) is 5.15. The zero-order valence-electron chi connectivity index (χ0n) is 8.90. The van der Waals surface area contributed by atoms with Crippen molar-refractivity contribution in [3.05, 3.63) is 35.9 Å². The fourth-order valence-corrected chi connectivity index (χ4v) is 1.86. The Labute approximate surface area is 86.4 Å². The molecule has 0 radical (unpaired) electrons. The van der Waals surface area contributed by atoms with Crippen molar-refractivity contribution in [1.29, 1.82) is 5.26 Å². The average molecular weight is 187 g/mol. The van der Waals surface area contributed by atoms with Gasteiger partial charge in [-0.25, -0.2) is 0 Å². The highest BCUT2D eigenvalue weighted by atomic mass is 14.3. The van der Waals surface area contributed by atoms with Gasteiger partial charge in [0.05, 0.1) is 6.07 Å². The third-order valence-corrected chi connectivity index (χ3v) is 2.85. The van der Waals surface area contributed by atoms with E-state index in [1.54, 1.807) is 6.07 Å². The van der Waals surface area contributed by atoms with E-state index in [0.29, 0.717) is 0 Å². The van der Waals surface area contributed by atoms with Gasteiger partial charge in [0, 0.05) is 6.92 Å². The van der Waals surface area contributed by atoms with Crippen LogP contribution >= 0.6 is 0 Å². The molecule has 2 atom stereocenters. The van der Waals surface area contributed by atoms with E-state index in [1.807, 2.05) is 0 Å². The van der Waals surface area contributed by atoms with Gasteiger partial charge < -0.3 is 0 Å². The summed E-state index contributed by atoms with van der Waals surface area (Å²) in [5, 5.41) is 7.32. The fraction of sp³-hybridized carbons (Fsp3) is 0.462. The van der Waals surface area contributed by atoms with Gasteiger partial charge in [-0.1, -0.05) is 37.3 Å². The van der Waals surface area contributed by atoms with E-state index in [4.69, 9.17) is 5.26 Å². The molecule has 0 heterocycles. The summed E-state index contributed by atoms with van der Waals surface area (Å²) in [7, 11) is 0. The molecule has 14 heavy (non-hydrogen) atoms. The predicted molar refractivity (Wildman–Crippen MR) is 58.9 cm³/mol. The Balaban J connectivity index is 0.000000293. The van der Waals surface area contributed by atoms with Crippen molar-refractivity contribution in [1.82, 2.24) is 0 Å². The molecule has 1 nitrogen and oxygen atoms in total. The minimum absolute atomic E-state index is 0.858. The molecule has 0 spiro atoms. The van der Waals surface area contributed by atoms with Crippen LogP contribution in [0.5, 0.6) is 0 Å². The summed E-state index contributed by atoms with van der Waals surface area (Å²) >= 11 is 0. The van der Waals surface area contributed by atoms with Gasteiger partial charge in [-0.3, -0.25) is 0 Å². The van der Waals surface area contributed by atoms with Crippen LogP contribution in [-0.4, -0.2) is 0 Å². The van der Waals surface area contributed by atoms with Crippen LogP contribution in [0.4, 0.5) is 0 Å². The maximum absolute atomic E-state index is 7.32. The third kappa shape index (κ3) is 2.60. The van der Waals surface area contributed by atoms with Crippen molar-refractivity contribution < 1.29 is 0 Å². The number of benzene rings is 1. The number of nitrogens with zero attached hydrogens (tertiary/aromatic N) is 1. The molecule has 2 unspecified atom stereocenters. The number of rotatable bonds is 1. The van der Waals surface area contributed by atoms with Crippen LogP contribution < -0.4 is 0 Å². The van der Waals surface area contributed by atoms with Crippen LogP contribution in [0, 0.1) is 17.2 Å². The molecule has 0 N–H and O–H groups in total. The molecule has 1 aromatic carbocycles. The smallest absolute Gasteiger partial charge is 0.0587 e. The molecule has 1 aliphatic rings. The van der Waals surface area contributed by atoms with E-state index in [1.165, 1.54) is 25.3 Å². The summed E-state index contributed by atoms with van der Waals surface area (Å²) in [5.41, 5.74) is 1.53. The molecular formula is C13H17N. The quantitative estimate of drug-likeness (QED) is 0.657. The van der Waals surface area contributed by atoms with Gasteiger partial charge in [0.1, 0.15) is 0 Å². The SMILES string of the molecule is CC#N.CC1CCC1c1ccccc1. The zero-order chi connectivity index (χ0) is 10.4. The molecule has 0 saturated heterocycles. The predicted octanol–water partition coefficient (Wildman–Crippen LogP) is 3.73. The topological polar surface area (TPSA) is 23.8 Å². The Morgan fingerprint density at radius 2 is 1.79 bits per heavy atom. The fourth-order valence-electron chi connectivity index (χ4n) is 1.86. The highest BCUT2D eigenvalue weighted by molar-refractivity contribution is 5.22. The minimum atomic E-state index is 0.858. The lowest BCUT2D eigenvalue weighted by molar-refractivity contribution is 0.280. The maximum Gasteiger partial charge on any atom is 0.0587 e. The van der Waals surface area contributed by atoms with Gasteiger partial charge in [0.15, 0.2) is 0 Å². The molecule has 2 rings (SSSR count). The van der Waals surface area contributed by atoms with Crippen LogP contribution in [0.25, 0.3) is 0 Å². The Bertz CT molecular complexity index is 297. The van der Waals surface area contributed by atoms with E-state index < -0.39 is 0 Å². The van der Waals surface area contributed by atoms with Gasteiger partial charge in [0.2, 0.25) is 0 Å². The van der Waals surface area contributed by atoms with Crippen molar-refractivity contribution in [2.45, 2.75) is 32.6 Å². The molecule has 0 aromatic heterocycles. The maximum atomic E-state index is 7.32. The summed E-state index contributed by atoms with van der Waals surface area (Å²) < 4.78 is 0. The highest BCUT2D eigenvalue weighted by Gasteiger charge is 2.27. The Hall–Kier alpha value is -1.29. The van der Waals surface area contributed by atoms with Crippen molar-refractivity contribution >= 4 is 0 Å². The number of hydrogen-bond acceptors (Lipinski definition) is 1. The van der Waals surface area contributed by atoms with Crippen LogP contribution in [0.3, 0.4) is 0 Å². The first kappa shape index (κ1) is 10.8. The molecular weight excluding hydrogens is 170 g/mol. The first-order chi connectivity index (χ1) is 6.79. The van der Waals surface area contributed by atoms with Gasteiger partial charge in [-0.15, -0.1) is 0 Å². The first-order valence-electron chi connectivity index (χ1n) is 5.15. The van der Waals surface area contributed by atoms with Gasteiger partial charge >= 0.3 is 0 Å². The molecule has 1 heteroatoms. The average Bonchev–Trinajstić information content (AvgIpc) is 2.18. The lowest BCUT2D eigenvalue weighted by Gasteiger charge is -2.34. The van der Waals surface area contributed by atoms with Crippen molar-refractivity contribution in [3.63, 3.8) is 0 Å². The van der Waals surface area contributed by atoms with Gasteiger partial charge in [-0.05, 0) is 30.2 Å². The number of nitriles is 1. The van der Waals surface area contributed by atoms with Gasteiger partial charge in [-0.2, -0.15) is 5.26 Å². The van der Waals surface area contributed by atoms with E-state index >= 15 is 0 Å². The molecule has 1 saturated carbocycles. The van der Waals surface area contributed by atoms with Crippen LogP contribution in [-0.2, 0) is 0 Å². The van der Waals surface area contributed by atoms with E-state index in [0.717, 1.165) is 11.8 Å². The van der Waals surface area contributed by atoms with Crippen molar-refractivity contribution in [2.24, 2.45) is 5.92 Å². The lowest BCUT2D eigenvalue weighted by atomic mass is 9.71. The molecule has 1 aliphatic carbocycles. The van der Waals surface area contributed by atoms with Crippen LogP contribution in [0.15, 0.2) is 30.3 Å². The molecule has 0 amide bonds. The number of hydrogen-bond donors (Lipinski definition) is 0. The van der Waals surface area contributed by atoms with Crippen LogP contribution in [0.1, 0.15) is 38.2 Å². The Kier molecular flexibility index (Phi) is 4.19. The Morgan fingerprint density at radius 1 is 1.21 bits per heavy atom. The summed E-state index contributed by atoms with van der Waals surface area (Å²) in [4.78, 5) is 0. The monoisotopic (exact) mass is 187 g/mol. The summed E-state index contributed by atoms with van der Waals surface area (Å²) in [6, 6.07) is 12.6. The van der Waals surface area contributed by atoms with Crippen LogP contribution in [0.2, 0.25) is 0 Å². The summed E-state index contributed by atoms with van der Waals surface area (Å²) in [5.74, 6) is 1.77. The van der Waals surface area contributed by atoms with E-state index in [-0.39, 0.29) is 0 Å². The summed E-state index contributed by atoms with van der Waals surface area (Å²) in [6.45, 7) is 3.78. The van der Waals surface area contributed by atoms with E-state index in [9.17, 15) is 0 Å². The molecule has 0 aliphatic heterocycles. The molecule has 1 fully saturated rings. The van der Waals surface area contributed by atoms with Crippen molar-refractivity contribution in [2.75, 3.05) is 0 Å². The molecule has 0 bridgehead atoms. The highest BCUT2D eigenvalue weighted by Crippen LogP contribution is 2.41. The second kappa shape index (κ2) is 5.44. The molecule has 74 valence electrons. The third-order valence-electron chi connectivity index (χ3n) is 2.85. The Morgan fingerprint density at radius 3 is 2.14 bits per heavy atom. The van der Waals surface area contributed by atoms with Gasteiger partial charge in [0.25, 0.3) is 0 Å². The summed E-state index contributed by atoms with van der Waals surface area (Å²) in [6.07, 6.45) is 2.81. The lowest BCUT2D eigenvalue weighted by Crippen LogP contribution is -2.20. The largest absolute Gasteiger partial charge is 0.199 e. The molecule has 1 aromatic rings. The second-order valence-corrected chi connectivity index (χ2v) is 3.80. The zero-order valence-corrected chi connectivity index (χ0v) is 8.90. The normalized spacial score (nSPS) is 23.8. The second-order valence-electron chi connectivity index (χ2n) is 3.80. The minimum Gasteiger partial charge on any atom is -0.199 e. The standard InChI is InChI=1S/C11H14.C2H3N/c1-9-7-8-11(9)10-5-3-2-4-6-10;1-2-3/h2-6,9,11H,7-8H2,1H3;1H3. The van der Waals surface area contributed by atoms with Crippen molar-refractivity contribution in [3.8, 4) is 6.07 Å². The van der Waals surface area contributed by atoms with E-state index in [2.05, 4.69) is 37.3 Å².